The number of carbonyl (C=O) groups is 1. The van der Waals surface area contributed by atoms with Gasteiger partial charge in [-0.15, -0.1) is 0 Å². The van der Waals surface area contributed by atoms with E-state index in [9.17, 15) is 14.7 Å². The van der Waals surface area contributed by atoms with Gasteiger partial charge in [-0.1, -0.05) is 65.9 Å². The first kappa shape index (κ1) is 26.0. The predicted octanol–water partition coefficient (Wildman–Crippen LogP) is 3.66. The molecule has 0 fully saturated rings. The van der Waals surface area contributed by atoms with Crippen LogP contribution < -0.4 is 24.4 Å². The Morgan fingerprint density at radius 2 is 1.77 bits per heavy atom. The Kier molecular flexibility index (Phi) is 7.33. The molecule has 0 radical (unpaired) electrons. The lowest BCUT2D eigenvalue weighted by Gasteiger charge is -2.27. The van der Waals surface area contributed by atoms with Crippen LogP contribution in [0.2, 0.25) is 0 Å². The van der Waals surface area contributed by atoms with Gasteiger partial charge in [0.25, 0.3) is 5.56 Å². The largest absolute Gasteiger partial charge is 0.508 e. The second kappa shape index (κ2) is 11.0. The van der Waals surface area contributed by atoms with Crippen molar-refractivity contribution in [2.75, 3.05) is 20.8 Å². The molecule has 3 aromatic carbocycles. The number of phenolic OH excluding ortho intramolecular Hbond substituents is 1. The van der Waals surface area contributed by atoms with E-state index in [-0.39, 0.29) is 23.5 Å². The van der Waals surface area contributed by atoms with Crippen molar-refractivity contribution in [3.63, 3.8) is 0 Å². The van der Waals surface area contributed by atoms with Crippen molar-refractivity contribution in [1.82, 2.24) is 4.57 Å². The zero-order chi connectivity index (χ0) is 27.5. The lowest BCUT2D eigenvalue weighted by molar-refractivity contribution is -0.138. The van der Waals surface area contributed by atoms with Gasteiger partial charge in [-0.2, -0.15) is 0 Å². The molecule has 1 aromatic heterocycles. The summed E-state index contributed by atoms with van der Waals surface area (Å²) in [6, 6.07) is 20.3. The lowest BCUT2D eigenvalue weighted by atomic mass is 9.92. The first-order valence-electron chi connectivity index (χ1n) is 12.2. The average molecular weight is 543 g/mol. The van der Waals surface area contributed by atoms with Crippen molar-refractivity contribution in [1.29, 1.82) is 0 Å². The zero-order valence-corrected chi connectivity index (χ0v) is 22.4. The Hall–Kier alpha value is -4.63. The quantitative estimate of drug-likeness (QED) is 0.358. The smallest absolute Gasteiger partial charge is 0.338 e. The number of aromatic hydroxyl groups is 1. The van der Waals surface area contributed by atoms with Gasteiger partial charge in [0.1, 0.15) is 11.8 Å². The third-order valence-corrected chi connectivity index (χ3v) is 7.28. The number of nitrogens with zero attached hydrogens (tertiary/aromatic N) is 2. The van der Waals surface area contributed by atoms with Crippen molar-refractivity contribution in [3.8, 4) is 17.2 Å². The third kappa shape index (κ3) is 4.84. The highest BCUT2D eigenvalue weighted by Crippen LogP contribution is 2.42. The van der Waals surface area contributed by atoms with Gasteiger partial charge < -0.3 is 19.3 Å². The number of benzene rings is 3. The molecule has 1 N–H and O–H groups in total. The van der Waals surface area contributed by atoms with Crippen LogP contribution in [-0.4, -0.2) is 36.5 Å². The first-order valence-corrected chi connectivity index (χ1v) is 13.1. The van der Waals surface area contributed by atoms with Crippen molar-refractivity contribution in [2.45, 2.75) is 13.0 Å². The van der Waals surface area contributed by atoms with E-state index in [0.717, 1.165) is 5.56 Å². The summed E-state index contributed by atoms with van der Waals surface area (Å²) >= 11 is 1.22. The molecule has 0 saturated heterocycles. The van der Waals surface area contributed by atoms with E-state index in [4.69, 9.17) is 19.2 Å². The molecule has 5 rings (SSSR count). The van der Waals surface area contributed by atoms with Gasteiger partial charge in [0.2, 0.25) is 0 Å². The number of phenols is 1. The molecule has 0 saturated carbocycles. The summed E-state index contributed by atoms with van der Waals surface area (Å²) < 4.78 is 18.7. The average Bonchev–Trinajstić information content (AvgIpc) is 3.27. The molecule has 1 atom stereocenters. The van der Waals surface area contributed by atoms with Crippen LogP contribution in [0.1, 0.15) is 29.7 Å². The first-order chi connectivity index (χ1) is 19.0. The van der Waals surface area contributed by atoms with E-state index in [1.165, 1.54) is 30.1 Å². The van der Waals surface area contributed by atoms with Gasteiger partial charge in [-0.05, 0) is 36.8 Å². The molecule has 1 aliphatic rings. The maximum atomic E-state index is 14.0. The molecule has 2 heterocycles. The number of ether oxygens (including phenoxy) is 3. The zero-order valence-electron chi connectivity index (χ0n) is 21.6. The summed E-state index contributed by atoms with van der Waals surface area (Å²) in [4.78, 5) is 32.9. The van der Waals surface area contributed by atoms with Crippen LogP contribution in [0.15, 0.2) is 88.2 Å². The SMILES string of the molecule is CCOC(=O)C1=C(c2ccccc2)N=c2s/c(=C\c3ccc(O)cc3)c(=O)n2C1c1cccc(OC)c1OC. The summed E-state index contributed by atoms with van der Waals surface area (Å²) in [5.41, 5.74) is 2.32. The predicted molar refractivity (Wildman–Crippen MR) is 149 cm³/mol. The van der Waals surface area contributed by atoms with Gasteiger partial charge in [0.05, 0.1) is 36.6 Å². The van der Waals surface area contributed by atoms with Crippen molar-refractivity contribution in [3.05, 3.63) is 115 Å². The summed E-state index contributed by atoms with van der Waals surface area (Å²) in [6.45, 7) is 1.88. The molecule has 1 aliphatic heterocycles. The van der Waals surface area contributed by atoms with E-state index >= 15 is 0 Å². The highest BCUT2D eigenvalue weighted by atomic mass is 32.1. The van der Waals surface area contributed by atoms with E-state index in [1.807, 2.05) is 30.3 Å². The minimum atomic E-state index is -0.900. The Morgan fingerprint density at radius 3 is 2.44 bits per heavy atom. The van der Waals surface area contributed by atoms with Crippen LogP contribution in [0.5, 0.6) is 17.2 Å². The van der Waals surface area contributed by atoms with Gasteiger partial charge in [0, 0.05) is 11.1 Å². The molecule has 1 unspecified atom stereocenters. The van der Waals surface area contributed by atoms with E-state index in [0.29, 0.717) is 37.7 Å². The van der Waals surface area contributed by atoms with Gasteiger partial charge in [-0.3, -0.25) is 9.36 Å². The number of aromatic nitrogens is 1. The van der Waals surface area contributed by atoms with E-state index in [1.54, 1.807) is 55.5 Å². The highest BCUT2D eigenvalue weighted by molar-refractivity contribution is 7.07. The van der Waals surface area contributed by atoms with Gasteiger partial charge in [0.15, 0.2) is 16.3 Å². The summed E-state index contributed by atoms with van der Waals surface area (Å²) in [5.74, 6) is 0.407. The lowest BCUT2D eigenvalue weighted by Crippen LogP contribution is -2.40. The van der Waals surface area contributed by atoms with Crippen molar-refractivity contribution < 1.29 is 24.1 Å². The highest BCUT2D eigenvalue weighted by Gasteiger charge is 2.37. The number of hydrogen-bond donors (Lipinski definition) is 1. The minimum absolute atomic E-state index is 0.130. The molecule has 9 heteroatoms. The molecule has 198 valence electrons. The number of thiazole rings is 1. The molecule has 0 amide bonds. The Balaban J connectivity index is 1.88. The fraction of sp³-hybridized carbons (Fsp3) is 0.167. The summed E-state index contributed by atoms with van der Waals surface area (Å²) in [5, 5.41) is 9.66. The van der Waals surface area contributed by atoms with Crippen molar-refractivity contribution in [2.24, 2.45) is 4.99 Å². The standard InChI is InChI=1S/C30H26N2O6S/c1-4-38-29(35)24-25(19-9-6-5-7-10-19)31-30-32(26(24)21-11-8-12-22(36-2)27(21)37-3)28(34)23(39-30)17-18-13-15-20(33)16-14-18/h5-17,26,33H,4H2,1-3H3/b23-17-. The Morgan fingerprint density at radius 1 is 1.03 bits per heavy atom. The van der Waals surface area contributed by atoms with Crippen LogP contribution in [-0.2, 0) is 9.53 Å². The number of hydrogen-bond acceptors (Lipinski definition) is 8. The number of fused-ring (bicyclic) bond motifs is 1. The second-order valence-corrected chi connectivity index (χ2v) is 9.61. The molecule has 39 heavy (non-hydrogen) atoms. The monoisotopic (exact) mass is 542 g/mol. The van der Waals surface area contributed by atoms with Crippen LogP contribution in [0.4, 0.5) is 0 Å². The van der Waals surface area contributed by atoms with Crippen LogP contribution >= 0.6 is 11.3 Å². The Labute approximate surface area is 228 Å². The number of rotatable bonds is 7. The second-order valence-electron chi connectivity index (χ2n) is 8.61. The molecular weight excluding hydrogens is 516 g/mol. The van der Waals surface area contributed by atoms with Gasteiger partial charge >= 0.3 is 5.97 Å². The molecule has 4 aromatic rings. The number of carbonyl (C=O) groups excluding carboxylic acids is 1. The molecule has 8 nitrogen and oxygen atoms in total. The van der Waals surface area contributed by atoms with Gasteiger partial charge in [-0.25, -0.2) is 9.79 Å². The minimum Gasteiger partial charge on any atom is -0.508 e. The van der Waals surface area contributed by atoms with Crippen LogP contribution in [0.25, 0.3) is 11.8 Å². The summed E-state index contributed by atoms with van der Waals surface area (Å²) in [6.07, 6.45) is 1.74. The van der Waals surface area contributed by atoms with Crippen LogP contribution in [0, 0.1) is 0 Å². The topological polar surface area (TPSA) is 99.4 Å². The normalized spacial score (nSPS) is 14.9. The fourth-order valence-electron chi connectivity index (χ4n) is 4.58. The van der Waals surface area contributed by atoms with Crippen molar-refractivity contribution >= 4 is 29.1 Å². The van der Waals surface area contributed by atoms with E-state index < -0.39 is 12.0 Å². The maximum absolute atomic E-state index is 14.0. The molecule has 0 spiro atoms. The number of esters is 1. The molecule has 0 bridgehead atoms. The third-order valence-electron chi connectivity index (χ3n) is 6.29. The number of methoxy groups -OCH3 is 2. The molecule has 0 aliphatic carbocycles. The number of para-hydroxylation sites is 1. The maximum Gasteiger partial charge on any atom is 0.338 e. The summed E-state index contributed by atoms with van der Waals surface area (Å²) in [7, 11) is 3.05. The van der Waals surface area contributed by atoms with E-state index in [2.05, 4.69) is 0 Å². The fourth-order valence-corrected chi connectivity index (χ4v) is 5.58. The Bertz CT molecular complexity index is 1740. The van der Waals surface area contributed by atoms with Crippen LogP contribution in [0.3, 0.4) is 0 Å². The molecular formula is C30H26N2O6S.